The number of hydrogen-bond donors (Lipinski definition) is 1. The summed E-state index contributed by atoms with van der Waals surface area (Å²) in [5.41, 5.74) is 5.87. The van der Waals surface area contributed by atoms with Crippen molar-refractivity contribution in [1.29, 1.82) is 0 Å². The first kappa shape index (κ1) is 14.4. The van der Waals surface area contributed by atoms with Crippen LogP contribution in [0.4, 0.5) is 5.82 Å². The molecule has 2 rings (SSSR count). The maximum atomic E-state index is 5.87. The lowest BCUT2D eigenvalue weighted by Gasteiger charge is -2.31. The highest BCUT2D eigenvalue weighted by molar-refractivity contribution is 5.85. The molecule has 2 heterocycles. The van der Waals surface area contributed by atoms with Crippen molar-refractivity contribution in [2.45, 2.75) is 18.9 Å². The minimum atomic E-state index is 0. The predicted molar refractivity (Wildman–Crippen MR) is 66.0 cm³/mol. The molecule has 0 saturated carbocycles. The van der Waals surface area contributed by atoms with Crippen LogP contribution in [0.2, 0.25) is 0 Å². The molecule has 1 aliphatic heterocycles. The first-order valence-corrected chi connectivity index (χ1v) is 4.64. The normalized spacial score (nSPS) is 20.1. The highest BCUT2D eigenvalue weighted by Crippen LogP contribution is 2.15. The number of hydrogen-bond acceptors (Lipinski definition) is 4. The van der Waals surface area contributed by atoms with E-state index in [0.717, 1.165) is 31.7 Å². The number of nitrogens with two attached hydrogens (primary N) is 1. The first-order valence-electron chi connectivity index (χ1n) is 4.64. The third-order valence-corrected chi connectivity index (χ3v) is 2.34. The molecule has 1 fully saturated rings. The molecule has 0 bridgehead atoms. The Morgan fingerprint density at radius 3 is 2.80 bits per heavy atom. The topological polar surface area (TPSA) is 55.0 Å². The first-order chi connectivity index (χ1) is 6.36. The average molecular weight is 251 g/mol. The standard InChI is InChI=1S/C9H14N4.2ClH/c10-8-3-2-6-13(7-8)9-4-1-5-11-12-9;;/h1,4-5,8H,2-3,6-7,10H2;2*1H. The molecule has 1 unspecified atom stereocenters. The van der Waals surface area contributed by atoms with Gasteiger partial charge in [0.15, 0.2) is 5.82 Å². The molecule has 0 spiro atoms. The van der Waals surface area contributed by atoms with E-state index in [1.54, 1.807) is 6.20 Å². The Bertz CT molecular complexity index is 270. The number of nitrogens with zero attached hydrogens (tertiary/aromatic N) is 3. The van der Waals surface area contributed by atoms with Gasteiger partial charge in [-0.15, -0.1) is 29.9 Å². The van der Waals surface area contributed by atoms with Crippen molar-refractivity contribution in [3.63, 3.8) is 0 Å². The van der Waals surface area contributed by atoms with Crippen molar-refractivity contribution < 1.29 is 0 Å². The summed E-state index contributed by atoms with van der Waals surface area (Å²) in [4.78, 5) is 2.20. The largest absolute Gasteiger partial charge is 0.354 e. The quantitative estimate of drug-likeness (QED) is 0.816. The Labute approximate surface area is 102 Å². The molecule has 1 aliphatic rings. The van der Waals surface area contributed by atoms with Gasteiger partial charge in [0.05, 0.1) is 0 Å². The second kappa shape index (κ2) is 6.82. The Morgan fingerprint density at radius 2 is 2.20 bits per heavy atom. The van der Waals surface area contributed by atoms with Crippen LogP contribution in [0.1, 0.15) is 12.8 Å². The molecular weight excluding hydrogens is 235 g/mol. The van der Waals surface area contributed by atoms with Crippen LogP contribution in [0.15, 0.2) is 18.3 Å². The van der Waals surface area contributed by atoms with Crippen LogP contribution in [0.5, 0.6) is 0 Å². The minimum Gasteiger partial charge on any atom is -0.354 e. The molecular formula is C9H16Cl2N4. The second-order valence-corrected chi connectivity index (χ2v) is 3.43. The van der Waals surface area contributed by atoms with E-state index in [4.69, 9.17) is 5.73 Å². The Kier molecular flexibility index (Phi) is 6.56. The maximum Gasteiger partial charge on any atom is 0.151 e. The summed E-state index contributed by atoms with van der Waals surface area (Å²) in [6.45, 7) is 1.95. The predicted octanol–water partition coefficient (Wildman–Crippen LogP) is 1.25. The van der Waals surface area contributed by atoms with Gasteiger partial charge in [-0.05, 0) is 25.0 Å². The van der Waals surface area contributed by atoms with E-state index < -0.39 is 0 Å². The summed E-state index contributed by atoms with van der Waals surface area (Å²) >= 11 is 0. The van der Waals surface area contributed by atoms with Gasteiger partial charge in [0.25, 0.3) is 0 Å². The van der Waals surface area contributed by atoms with Crippen LogP contribution >= 0.6 is 24.8 Å². The van der Waals surface area contributed by atoms with E-state index in [1.165, 1.54) is 0 Å². The molecule has 0 amide bonds. The lowest BCUT2D eigenvalue weighted by atomic mass is 10.1. The summed E-state index contributed by atoms with van der Waals surface area (Å²) in [5, 5.41) is 7.91. The highest BCUT2D eigenvalue weighted by atomic mass is 35.5. The Hall–Kier alpha value is -0.580. The van der Waals surface area contributed by atoms with E-state index in [9.17, 15) is 0 Å². The summed E-state index contributed by atoms with van der Waals surface area (Å²) in [5.74, 6) is 0.942. The van der Waals surface area contributed by atoms with Crippen molar-refractivity contribution in [2.24, 2.45) is 5.73 Å². The number of aromatic nitrogens is 2. The number of anilines is 1. The molecule has 1 aromatic heterocycles. The molecule has 1 saturated heterocycles. The monoisotopic (exact) mass is 250 g/mol. The third kappa shape index (κ3) is 3.81. The van der Waals surface area contributed by atoms with Crippen molar-refractivity contribution in [3.8, 4) is 0 Å². The van der Waals surface area contributed by atoms with Crippen molar-refractivity contribution >= 4 is 30.6 Å². The molecule has 0 aromatic carbocycles. The van der Waals surface area contributed by atoms with Crippen LogP contribution < -0.4 is 10.6 Å². The highest BCUT2D eigenvalue weighted by Gasteiger charge is 2.17. The van der Waals surface area contributed by atoms with Gasteiger partial charge < -0.3 is 10.6 Å². The van der Waals surface area contributed by atoms with Gasteiger partial charge in [0.1, 0.15) is 0 Å². The SMILES string of the molecule is Cl.Cl.NC1CCCN(c2cccnn2)C1. The summed E-state index contributed by atoms with van der Waals surface area (Å²) in [6.07, 6.45) is 3.96. The number of piperidine rings is 1. The molecule has 0 radical (unpaired) electrons. The van der Waals surface area contributed by atoms with Gasteiger partial charge in [-0.2, -0.15) is 5.10 Å². The molecule has 0 aliphatic carbocycles. The van der Waals surface area contributed by atoms with Crippen LogP contribution in [0.25, 0.3) is 0 Å². The molecule has 15 heavy (non-hydrogen) atoms. The van der Waals surface area contributed by atoms with E-state index in [-0.39, 0.29) is 30.9 Å². The van der Waals surface area contributed by atoms with E-state index >= 15 is 0 Å². The molecule has 6 heteroatoms. The van der Waals surface area contributed by atoms with Gasteiger partial charge in [0.2, 0.25) is 0 Å². The second-order valence-electron chi connectivity index (χ2n) is 3.43. The fraction of sp³-hybridized carbons (Fsp3) is 0.556. The van der Waals surface area contributed by atoms with Crippen LogP contribution in [-0.4, -0.2) is 29.3 Å². The van der Waals surface area contributed by atoms with Crippen LogP contribution in [0, 0.1) is 0 Å². The fourth-order valence-corrected chi connectivity index (χ4v) is 1.68. The molecule has 4 nitrogen and oxygen atoms in total. The molecule has 1 aromatic rings. The van der Waals surface area contributed by atoms with E-state index in [2.05, 4.69) is 15.1 Å². The molecule has 2 N–H and O–H groups in total. The van der Waals surface area contributed by atoms with Gasteiger partial charge in [-0.3, -0.25) is 0 Å². The van der Waals surface area contributed by atoms with Crippen LogP contribution in [0.3, 0.4) is 0 Å². The summed E-state index contributed by atoms with van der Waals surface area (Å²) in [7, 11) is 0. The number of halogens is 2. The zero-order chi connectivity index (χ0) is 9.10. The van der Waals surface area contributed by atoms with Gasteiger partial charge in [-0.1, -0.05) is 0 Å². The molecule has 1 atom stereocenters. The number of rotatable bonds is 1. The lowest BCUT2D eigenvalue weighted by Crippen LogP contribution is -2.43. The van der Waals surface area contributed by atoms with Gasteiger partial charge >= 0.3 is 0 Å². The third-order valence-electron chi connectivity index (χ3n) is 2.34. The van der Waals surface area contributed by atoms with Crippen molar-refractivity contribution in [2.75, 3.05) is 18.0 Å². The van der Waals surface area contributed by atoms with Crippen molar-refractivity contribution in [3.05, 3.63) is 18.3 Å². The van der Waals surface area contributed by atoms with Crippen LogP contribution in [-0.2, 0) is 0 Å². The minimum absolute atomic E-state index is 0. The Morgan fingerprint density at radius 1 is 1.40 bits per heavy atom. The molecule has 86 valence electrons. The summed E-state index contributed by atoms with van der Waals surface area (Å²) in [6, 6.07) is 4.17. The van der Waals surface area contributed by atoms with Gasteiger partial charge in [-0.25, -0.2) is 0 Å². The zero-order valence-electron chi connectivity index (χ0n) is 8.37. The van der Waals surface area contributed by atoms with E-state index in [1.807, 2.05) is 12.1 Å². The average Bonchev–Trinajstić information content (AvgIpc) is 2.19. The lowest BCUT2D eigenvalue weighted by molar-refractivity contribution is 0.502. The van der Waals surface area contributed by atoms with E-state index in [0.29, 0.717) is 0 Å². The summed E-state index contributed by atoms with van der Waals surface area (Å²) < 4.78 is 0. The fourth-order valence-electron chi connectivity index (χ4n) is 1.68. The zero-order valence-corrected chi connectivity index (χ0v) is 10.0. The smallest absolute Gasteiger partial charge is 0.151 e. The Balaban J connectivity index is 0.000000980. The maximum absolute atomic E-state index is 5.87. The van der Waals surface area contributed by atoms with Crippen molar-refractivity contribution in [1.82, 2.24) is 10.2 Å². The van der Waals surface area contributed by atoms with Gasteiger partial charge in [0, 0.05) is 25.3 Å².